The van der Waals surface area contributed by atoms with E-state index in [9.17, 15) is 0 Å². The Balaban J connectivity index is 2.08. The number of nitrogens with one attached hydrogen (secondary N) is 1. The largest absolute Gasteiger partial charge is 0.360 e. The first-order valence-electron chi connectivity index (χ1n) is 2.05. The maximum Gasteiger partial charge on any atom is 0.205 e. The van der Waals surface area contributed by atoms with Crippen molar-refractivity contribution < 1.29 is 0 Å². The average molecular weight is 67.9 g/mol. The first kappa shape index (κ1) is 3.22. The molecule has 0 aromatic heterocycles. The fourth-order valence-electron chi connectivity index (χ4n) is 0.510. The molecule has 1 saturated heterocycles. The third kappa shape index (κ3) is 0.654. The lowest BCUT2D eigenvalue weighted by atomic mass is 9.94. The molecule has 2 heteroatoms. The van der Waals surface area contributed by atoms with Crippen LogP contribution in [-0.2, 0) is 0 Å². The third-order valence-electron chi connectivity index (χ3n) is 0.814. The molecule has 0 amide bonds. The molecule has 1 aliphatic heterocycles. The maximum atomic E-state index is 3.10. The fraction of sp³-hybridized carbons (Fsp3) is 1.00. The Kier molecular flexibility index (Phi) is 0.940. The Morgan fingerprint density at radius 3 is 2.80 bits per heavy atom. The normalized spacial score (nSPS) is 22.4. The minimum absolute atomic E-state index is 1.19. The fourth-order valence-corrected chi connectivity index (χ4v) is 0.510. The quantitative estimate of drug-likeness (QED) is 0.394. The molecule has 0 atom stereocenters. The first-order valence-corrected chi connectivity index (χ1v) is 2.05. The zero-order valence-corrected chi connectivity index (χ0v) is 3.20. The molecule has 1 heterocycles. The Hall–Kier alpha value is 0.0249. The highest BCUT2D eigenvalue weighted by Crippen LogP contribution is 1.89. The van der Waals surface area contributed by atoms with E-state index in [-0.39, 0.29) is 0 Å². The van der Waals surface area contributed by atoms with E-state index in [1.54, 1.807) is 0 Å². The van der Waals surface area contributed by atoms with Gasteiger partial charge in [-0.15, -0.1) is 0 Å². The second kappa shape index (κ2) is 1.46. The SMILES string of the molecule is [B]1CCCN1. The van der Waals surface area contributed by atoms with E-state index in [2.05, 4.69) is 12.6 Å². The highest BCUT2D eigenvalue weighted by molar-refractivity contribution is 6.33. The van der Waals surface area contributed by atoms with Crippen LogP contribution in [0.3, 0.4) is 0 Å². The van der Waals surface area contributed by atoms with Crippen LogP contribution in [0.5, 0.6) is 0 Å². The van der Waals surface area contributed by atoms with Gasteiger partial charge in [0.1, 0.15) is 0 Å². The van der Waals surface area contributed by atoms with Crippen LogP contribution in [0, 0.1) is 0 Å². The van der Waals surface area contributed by atoms with E-state index in [4.69, 9.17) is 0 Å². The first-order chi connectivity index (χ1) is 2.50. The second-order valence-electron chi connectivity index (χ2n) is 1.30. The third-order valence-corrected chi connectivity index (χ3v) is 0.814. The number of hydrogen-bond donors (Lipinski definition) is 1. The summed E-state index contributed by atoms with van der Waals surface area (Å²) < 4.78 is 0. The summed E-state index contributed by atoms with van der Waals surface area (Å²) >= 11 is 0. The van der Waals surface area contributed by atoms with Crippen LogP contribution in [0.2, 0.25) is 6.32 Å². The molecule has 0 spiro atoms. The van der Waals surface area contributed by atoms with E-state index < -0.39 is 0 Å². The van der Waals surface area contributed by atoms with Crippen LogP contribution in [0.15, 0.2) is 0 Å². The van der Waals surface area contributed by atoms with E-state index in [1.165, 1.54) is 19.3 Å². The van der Waals surface area contributed by atoms with Crippen molar-refractivity contribution in [3.05, 3.63) is 0 Å². The molecule has 27 valence electrons. The van der Waals surface area contributed by atoms with Crippen LogP contribution < -0.4 is 5.23 Å². The standard InChI is InChI=1S/C3H7BN/c1-2-4-5-3-1/h5H,1-3H2. The Morgan fingerprint density at radius 2 is 2.60 bits per heavy atom. The molecule has 1 rings (SSSR count). The van der Waals surface area contributed by atoms with Crippen LogP contribution >= 0.6 is 0 Å². The van der Waals surface area contributed by atoms with Gasteiger partial charge in [0.25, 0.3) is 0 Å². The van der Waals surface area contributed by atoms with Gasteiger partial charge >= 0.3 is 0 Å². The molecule has 1 aliphatic rings. The molecule has 0 saturated carbocycles. The van der Waals surface area contributed by atoms with Gasteiger partial charge in [-0.25, -0.2) is 0 Å². The van der Waals surface area contributed by atoms with Crippen molar-refractivity contribution in [3.8, 4) is 0 Å². The summed E-state index contributed by atoms with van der Waals surface area (Å²) in [5, 5.41) is 3.10. The van der Waals surface area contributed by atoms with E-state index in [1.807, 2.05) is 0 Å². The monoisotopic (exact) mass is 68.1 g/mol. The summed E-state index contributed by atoms with van der Waals surface area (Å²) in [6, 6.07) is 0. The van der Waals surface area contributed by atoms with Gasteiger partial charge < -0.3 is 5.23 Å². The van der Waals surface area contributed by atoms with Crippen LogP contribution in [-0.4, -0.2) is 14.0 Å². The van der Waals surface area contributed by atoms with Crippen molar-refractivity contribution in [2.45, 2.75) is 12.7 Å². The summed E-state index contributed by atoms with van der Waals surface area (Å²) in [5.41, 5.74) is 0. The van der Waals surface area contributed by atoms with E-state index >= 15 is 0 Å². The molecule has 0 bridgehead atoms. The van der Waals surface area contributed by atoms with Gasteiger partial charge in [-0.05, 0) is 13.0 Å². The molecule has 1 N–H and O–H groups in total. The number of rotatable bonds is 0. The summed E-state index contributed by atoms with van der Waals surface area (Å²) in [5.74, 6) is 0. The molecule has 0 unspecified atom stereocenters. The van der Waals surface area contributed by atoms with Gasteiger partial charge in [-0.3, -0.25) is 0 Å². The molecule has 1 nitrogen and oxygen atoms in total. The van der Waals surface area contributed by atoms with Gasteiger partial charge in [0.05, 0.1) is 0 Å². The second-order valence-corrected chi connectivity index (χ2v) is 1.30. The predicted octanol–water partition coefficient (Wildman–Crippen LogP) is 0.0172. The van der Waals surface area contributed by atoms with Crippen molar-refractivity contribution in [2.75, 3.05) is 6.54 Å². The zero-order chi connectivity index (χ0) is 3.54. The van der Waals surface area contributed by atoms with E-state index in [0.717, 1.165) is 0 Å². The van der Waals surface area contributed by atoms with E-state index in [0.29, 0.717) is 0 Å². The zero-order valence-electron chi connectivity index (χ0n) is 3.20. The lowest BCUT2D eigenvalue weighted by molar-refractivity contribution is 0.933. The Labute approximate surface area is 33.0 Å². The van der Waals surface area contributed by atoms with Crippen molar-refractivity contribution in [3.63, 3.8) is 0 Å². The molecular formula is C3H7BN. The summed E-state index contributed by atoms with van der Waals surface area (Å²) in [6.07, 6.45) is 2.60. The Bertz CT molecular complexity index is 18.5. The lowest BCUT2D eigenvalue weighted by Crippen LogP contribution is -2.07. The van der Waals surface area contributed by atoms with Gasteiger partial charge in [-0.1, -0.05) is 6.32 Å². The van der Waals surface area contributed by atoms with Gasteiger partial charge in [0, 0.05) is 0 Å². The van der Waals surface area contributed by atoms with Gasteiger partial charge in [0.2, 0.25) is 7.41 Å². The van der Waals surface area contributed by atoms with Gasteiger partial charge in [0.15, 0.2) is 0 Å². The van der Waals surface area contributed by atoms with Crippen molar-refractivity contribution in [1.29, 1.82) is 0 Å². The molecule has 1 radical (unpaired) electrons. The average Bonchev–Trinajstić information content (AvgIpc) is 1.76. The summed E-state index contributed by atoms with van der Waals surface area (Å²) in [7, 11) is 2.11. The maximum absolute atomic E-state index is 3.10. The minimum Gasteiger partial charge on any atom is -0.360 e. The minimum atomic E-state index is 1.19. The van der Waals surface area contributed by atoms with Crippen molar-refractivity contribution in [2.24, 2.45) is 0 Å². The summed E-state index contributed by atoms with van der Waals surface area (Å²) in [6.45, 7) is 1.19. The highest BCUT2D eigenvalue weighted by Gasteiger charge is 1.96. The van der Waals surface area contributed by atoms with Crippen molar-refractivity contribution in [1.82, 2.24) is 5.23 Å². The molecule has 5 heavy (non-hydrogen) atoms. The molecule has 0 aromatic rings. The van der Waals surface area contributed by atoms with Crippen molar-refractivity contribution >= 4 is 7.41 Å². The lowest BCUT2D eigenvalue weighted by Gasteiger charge is -1.75. The van der Waals surface area contributed by atoms with Crippen LogP contribution in [0.1, 0.15) is 6.42 Å². The highest BCUT2D eigenvalue weighted by atomic mass is 14.8. The molecular weight excluding hydrogens is 60.9 g/mol. The number of hydrogen-bond acceptors (Lipinski definition) is 1. The smallest absolute Gasteiger partial charge is 0.205 e. The molecule has 0 aliphatic carbocycles. The molecule has 0 aromatic carbocycles. The topological polar surface area (TPSA) is 12.0 Å². The Morgan fingerprint density at radius 1 is 1.60 bits per heavy atom. The van der Waals surface area contributed by atoms with Crippen LogP contribution in [0.4, 0.5) is 0 Å². The molecule has 1 fully saturated rings. The van der Waals surface area contributed by atoms with Crippen LogP contribution in [0.25, 0.3) is 0 Å². The summed E-state index contributed by atoms with van der Waals surface area (Å²) in [4.78, 5) is 0. The predicted molar refractivity (Wildman–Crippen MR) is 23.2 cm³/mol. The van der Waals surface area contributed by atoms with Gasteiger partial charge in [-0.2, -0.15) is 0 Å².